The molecule has 2 N–H and O–H groups in total. The first-order chi connectivity index (χ1) is 13.5. The van der Waals surface area contributed by atoms with Crippen LogP contribution in [0.1, 0.15) is 24.9 Å². The number of benzene rings is 1. The number of nitrogens with one attached hydrogen (secondary N) is 2. The van der Waals surface area contributed by atoms with Gasteiger partial charge in [0.25, 0.3) is 0 Å². The monoisotopic (exact) mass is 556 g/mol. The summed E-state index contributed by atoms with van der Waals surface area (Å²) >= 11 is 6.48. The van der Waals surface area contributed by atoms with Crippen molar-refractivity contribution in [1.29, 1.82) is 0 Å². The zero-order valence-corrected chi connectivity index (χ0v) is 20.5. The highest BCUT2D eigenvalue weighted by molar-refractivity contribution is 14.0. The van der Waals surface area contributed by atoms with Gasteiger partial charge in [-0.05, 0) is 25.0 Å². The molecule has 0 spiro atoms. The van der Waals surface area contributed by atoms with Gasteiger partial charge in [0.2, 0.25) is 0 Å². The molecule has 29 heavy (non-hydrogen) atoms. The second kappa shape index (κ2) is 11.7. The van der Waals surface area contributed by atoms with E-state index >= 15 is 0 Å². The first kappa shape index (κ1) is 24.6. The second-order valence-electron chi connectivity index (χ2n) is 7.15. The van der Waals surface area contributed by atoms with Crippen molar-refractivity contribution in [2.75, 3.05) is 50.9 Å². The molecule has 1 aromatic carbocycles. The van der Waals surface area contributed by atoms with E-state index in [2.05, 4.69) is 15.5 Å². The minimum atomic E-state index is -2.94. The molecule has 2 atom stereocenters. The van der Waals surface area contributed by atoms with Crippen LogP contribution < -0.4 is 10.6 Å². The summed E-state index contributed by atoms with van der Waals surface area (Å²) in [5.41, 5.74) is 1.05. The van der Waals surface area contributed by atoms with E-state index < -0.39 is 9.84 Å². The third kappa shape index (κ3) is 7.23. The molecule has 164 valence electrons. The van der Waals surface area contributed by atoms with E-state index in [0.717, 1.165) is 23.7 Å². The van der Waals surface area contributed by atoms with Gasteiger partial charge >= 0.3 is 0 Å². The van der Waals surface area contributed by atoms with E-state index in [1.165, 1.54) is 0 Å². The van der Waals surface area contributed by atoms with Gasteiger partial charge in [0.05, 0.1) is 37.3 Å². The van der Waals surface area contributed by atoms with Crippen LogP contribution in [0.3, 0.4) is 0 Å². The number of aliphatic imine (C=N–C) groups is 1. The first-order valence-corrected chi connectivity index (χ1v) is 12.0. The van der Waals surface area contributed by atoms with E-state index in [1.807, 2.05) is 31.2 Å². The summed E-state index contributed by atoms with van der Waals surface area (Å²) in [7, 11) is -2.94. The van der Waals surface area contributed by atoms with Gasteiger partial charge in [0.1, 0.15) is 0 Å². The van der Waals surface area contributed by atoms with Gasteiger partial charge < -0.3 is 15.4 Å². The summed E-state index contributed by atoms with van der Waals surface area (Å²) in [4.78, 5) is 7.12. The minimum absolute atomic E-state index is 0. The van der Waals surface area contributed by atoms with Gasteiger partial charge in [-0.15, -0.1) is 24.0 Å². The van der Waals surface area contributed by atoms with E-state index in [1.54, 1.807) is 0 Å². The van der Waals surface area contributed by atoms with Gasteiger partial charge in [-0.3, -0.25) is 9.89 Å². The summed E-state index contributed by atoms with van der Waals surface area (Å²) in [6.07, 6.45) is 0.615. The number of hydrogen-bond acceptors (Lipinski definition) is 5. The lowest BCUT2D eigenvalue weighted by Crippen LogP contribution is -2.45. The third-order valence-electron chi connectivity index (χ3n) is 5.09. The SMILES string of the molecule is CCNC(=NCC(c1ccccc1Cl)N1CCOCC1)NC1CCS(=O)(=O)C1.I. The normalized spacial score (nSPS) is 23.2. The molecule has 1 aromatic rings. The Labute approximate surface area is 195 Å². The average Bonchev–Trinajstić information content (AvgIpc) is 3.02. The van der Waals surface area contributed by atoms with Crippen LogP contribution in [-0.4, -0.2) is 76.2 Å². The Balaban J connectivity index is 0.00000300. The number of hydrogen-bond donors (Lipinski definition) is 2. The highest BCUT2D eigenvalue weighted by Crippen LogP contribution is 2.28. The zero-order valence-electron chi connectivity index (χ0n) is 16.6. The Hall–Kier alpha value is -0.620. The number of guanidine groups is 1. The van der Waals surface area contributed by atoms with Crippen molar-refractivity contribution in [2.45, 2.75) is 25.4 Å². The number of ether oxygens (including phenoxy) is 1. The number of nitrogens with zero attached hydrogens (tertiary/aromatic N) is 2. The number of rotatable bonds is 6. The van der Waals surface area contributed by atoms with Gasteiger partial charge in [-0.1, -0.05) is 29.8 Å². The molecule has 2 heterocycles. The molecule has 0 aromatic heterocycles. The maximum atomic E-state index is 11.7. The molecule has 0 amide bonds. The van der Waals surface area contributed by atoms with Crippen molar-refractivity contribution in [3.05, 3.63) is 34.9 Å². The predicted molar refractivity (Wildman–Crippen MR) is 128 cm³/mol. The van der Waals surface area contributed by atoms with Crippen LogP contribution in [0, 0.1) is 0 Å². The lowest BCUT2D eigenvalue weighted by atomic mass is 10.0. The third-order valence-corrected chi connectivity index (χ3v) is 7.20. The molecule has 2 saturated heterocycles. The lowest BCUT2D eigenvalue weighted by Gasteiger charge is -2.34. The van der Waals surface area contributed by atoms with E-state index in [0.29, 0.717) is 38.7 Å². The van der Waals surface area contributed by atoms with Crippen LogP contribution in [0.2, 0.25) is 5.02 Å². The maximum Gasteiger partial charge on any atom is 0.191 e. The molecule has 2 fully saturated rings. The highest BCUT2D eigenvalue weighted by Gasteiger charge is 2.29. The van der Waals surface area contributed by atoms with Crippen LogP contribution in [0.5, 0.6) is 0 Å². The first-order valence-electron chi connectivity index (χ1n) is 9.80. The molecule has 0 bridgehead atoms. The van der Waals surface area contributed by atoms with Crippen LogP contribution in [0.25, 0.3) is 0 Å². The van der Waals surface area contributed by atoms with Crippen molar-refractivity contribution in [3.8, 4) is 0 Å². The predicted octanol–water partition coefficient (Wildman–Crippen LogP) is 2.07. The molecular weight excluding hydrogens is 527 g/mol. The van der Waals surface area contributed by atoms with Gasteiger partial charge in [0, 0.05) is 30.7 Å². The Morgan fingerprint density at radius 3 is 2.69 bits per heavy atom. The number of sulfone groups is 1. The van der Waals surface area contributed by atoms with E-state index in [-0.39, 0.29) is 47.6 Å². The van der Waals surface area contributed by atoms with Crippen molar-refractivity contribution >= 4 is 51.4 Å². The summed E-state index contributed by atoms with van der Waals surface area (Å²) < 4.78 is 29.0. The molecule has 0 saturated carbocycles. The zero-order chi connectivity index (χ0) is 20.0. The highest BCUT2D eigenvalue weighted by atomic mass is 127. The molecule has 2 aliphatic heterocycles. The van der Waals surface area contributed by atoms with Gasteiger partial charge in [-0.2, -0.15) is 0 Å². The fourth-order valence-electron chi connectivity index (χ4n) is 3.64. The summed E-state index contributed by atoms with van der Waals surface area (Å²) in [5.74, 6) is 1.05. The van der Waals surface area contributed by atoms with Crippen LogP contribution in [0.15, 0.2) is 29.3 Å². The Bertz CT molecular complexity index is 787. The fourth-order valence-corrected chi connectivity index (χ4v) is 5.58. The number of halogens is 2. The summed E-state index contributed by atoms with van der Waals surface area (Å²) in [6, 6.07) is 7.82. The minimum Gasteiger partial charge on any atom is -0.379 e. The van der Waals surface area contributed by atoms with Crippen LogP contribution in [-0.2, 0) is 14.6 Å². The average molecular weight is 557 g/mol. The van der Waals surface area contributed by atoms with E-state index in [9.17, 15) is 8.42 Å². The standard InChI is InChI=1S/C19H29ClN4O3S.HI/c1-2-21-19(23-15-7-12-28(25,26)14-15)22-13-18(24-8-10-27-11-9-24)16-5-3-4-6-17(16)20;/h3-6,15,18H,2,7-14H2,1H3,(H2,21,22,23);1H. The molecule has 2 unspecified atom stereocenters. The number of morpholine rings is 1. The molecular formula is C19H30ClIN4O3S. The van der Waals surface area contributed by atoms with Crippen molar-refractivity contribution in [3.63, 3.8) is 0 Å². The molecule has 10 heteroatoms. The van der Waals surface area contributed by atoms with Gasteiger partial charge in [-0.25, -0.2) is 8.42 Å². The summed E-state index contributed by atoms with van der Waals surface area (Å²) in [6.45, 7) is 6.28. The Morgan fingerprint density at radius 1 is 1.34 bits per heavy atom. The van der Waals surface area contributed by atoms with E-state index in [4.69, 9.17) is 21.3 Å². The van der Waals surface area contributed by atoms with Crippen molar-refractivity contribution in [1.82, 2.24) is 15.5 Å². The Kier molecular flexibility index (Phi) is 9.93. The molecule has 7 nitrogen and oxygen atoms in total. The topological polar surface area (TPSA) is 83.0 Å². The molecule has 0 radical (unpaired) electrons. The second-order valence-corrected chi connectivity index (χ2v) is 9.79. The van der Waals surface area contributed by atoms with Crippen LogP contribution >= 0.6 is 35.6 Å². The lowest BCUT2D eigenvalue weighted by molar-refractivity contribution is 0.0180. The smallest absolute Gasteiger partial charge is 0.191 e. The maximum absolute atomic E-state index is 11.7. The van der Waals surface area contributed by atoms with Gasteiger partial charge in [0.15, 0.2) is 15.8 Å². The molecule has 0 aliphatic carbocycles. The Morgan fingerprint density at radius 2 is 2.07 bits per heavy atom. The van der Waals surface area contributed by atoms with Crippen molar-refractivity contribution in [2.24, 2.45) is 4.99 Å². The fraction of sp³-hybridized carbons (Fsp3) is 0.632. The van der Waals surface area contributed by atoms with Crippen LogP contribution in [0.4, 0.5) is 0 Å². The molecule has 3 rings (SSSR count). The molecule has 2 aliphatic rings. The largest absolute Gasteiger partial charge is 0.379 e. The quantitative estimate of drug-likeness (QED) is 0.317. The summed E-state index contributed by atoms with van der Waals surface area (Å²) in [5, 5.41) is 7.24. The van der Waals surface area contributed by atoms with Crippen molar-refractivity contribution < 1.29 is 13.2 Å².